The van der Waals surface area contributed by atoms with Crippen LogP contribution in [-0.2, 0) is 11.2 Å². The fourth-order valence-electron chi connectivity index (χ4n) is 2.26. The van der Waals surface area contributed by atoms with Crippen LogP contribution in [-0.4, -0.2) is 32.3 Å². The van der Waals surface area contributed by atoms with Gasteiger partial charge in [0.2, 0.25) is 5.91 Å². The van der Waals surface area contributed by atoms with Crippen LogP contribution in [0.5, 0.6) is 11.5 Å². The summed E-state index contributed by atoms with van der Waals surface area (Å²) >= 11 is 0. The number of hydrazone groups is 1. The van der Waals surface area contributed by atoms with Crippen LogP contribution in [0.3, 0.4) is 0 Å². The SMILES string of the molecule is COc1ccc(/C=N\NC(=O)Cc2ccc(F)cc2)c(C(=O)[O-])c1OC. The Kier molecular flexibility index (Phi) is 6.26. The molecular formula is C18H16FN2O5-. The number of halogens is 1. The monoisotopic (exact) mass is 359 g/mol. The van der Waals surface area contributed by atoms with Crippen molar-refractivity contribution in [2.45, 2.75) is 6.42 Å². The van der Waals surface area contributed by atoms with Gasteiger partial charge in [0, 0.05) is 5.56 Å². The van der Waals surface area contributed by atoms with Gasteiger partial charge in [0.1, 0.15) is 5.82 Å². The second-order valence-electron chi connectivity index (χ2n) is 5.15. The molecule has 1 amide bonds. The highest BCUT2D eigenvalue weighted by atomic mass is 19.1. The number of benzene rings is 2. The molecule has 26 heavy (non-hydrogen) atoms. The second kappa shape index (κ2) is 8.61. The van der Waals surface area contributed by atoms with Gasteiger partial charge in [-0.3, -0.25) is 4.79 Å². The molecule has 0 atom stereocenters. The van der Waals surface area contributed by atoms with Gasteiger partial charge < -0.3 is 19.4 Å². The molecule has 136 valence electrons. The number of hydrogen-bond acceptors (Lipinski definition) is 6. The number of carbonyl (C=O) groups is 2. The number of ether oxygens (including phenoxy) is 2. The number of rotatable bonds is 7. The molecule has 0 aliphatic carbocycles. The Morgan fingerprint density at radius 3 is 2.42 bits per heavy atom. The highest BCUT2D eigenvalue weighted by Gasteiger charge is 2.15. The molecule has 0 spiro atoms. The van der Waals surface area contributed by atoms with E-state index in [0.717, 1.165) is 6.21 Å². The summed E-state index contributed by atoms with van der Waals surface area (Å²) in [6, 6.07) is 8.43. The molecule has 0 aromatic heterocycles. The van der Waals surface area contributed by atoms with Crippen LogP contribution < -0.4 is 20.0 Å². The Bertz CT molecular complexity index is 834. The zero-order valence-electron chi connectivity index (χ0n) is 14.1. The average Bonchev–Trinajstić information content (AvgIpc) is 2.62. The number of hydrogen-bond donors (Lipinski definition) is 1. The van der Waals surface area contributed by atoms with Crippen molar-refractivity contribution in [1.82, 2.24) is 5.43 Å². The molecule has 0 unspecified atom stereocenters. The van der Waals surface area contributed by atoms with Gasteiger partial charge in [-0.25, -0.2) is 9.82 Å². The predicted octanol–water partition coefficient (Wildman–Crippen LogP) is 0.899. The third-order valence-corrected chi connectivity index (χ3v) is 3.45. The maximum absolute atomic E-state index is 12.8. The Morgan fingerprint density at radius 1 is 1.15 bits per heavy atom. The number of carbonyl (C=O) groups excluding carboxylic acids is 2. The summed E-state index contributed by atoms with van der Waals surface area (Å²) in [6.45, 7) is 0. The van der Waals surface area contributed by atoms with Gasteiger partial charge in [-0.05, 0) is 29.8 Å². The fourth-order valence-corrected chi connectivity index (χ4v) is 2.26. The first-order valence-electron chi connectivity index (χ1n) is 7.49. The van der Waals surface area contributed by atoms with E-state index in [1.807, 2.05) is 0 Å². The van der Waals surface area contributed by atoms with Crippen molar-refractivity contribution in [2.24, 2.45) is 5.10 Å². The first kappa shape index (κ1) is 18.9. The summed E-state index contributed by atoms with van der Waals surface area (Å²) in [6.07, 6.45) is 1.16. The maximum Gasteiger partial charge on any atom is 0.244 e. The molecule has 1 N–H and O–H groups in total. The van der Waals surface area contributed by atoms with Crippen molar-refractivity contribution >= 4 is 18.1 Å². The molecule has 0 aliphatic rings. The van der Waals surface area contributed by atoms with E-state index in [4.69, 9.17) is 9.47 Å². The highest BCUT2D eigenvalue weighted by Crippen LogP contribution is 2.32. The fraction of sp³-hybridized carbons (Fsp3) is 0.167. The van der Waals surface area contributed by atoms with Gasteiger partial charge in [-0.2, -0.15) is 5.10 Å². The number of methoxy groups -OCH3 is 2. The minimum absolute atomic E-state index is 0.00308. The number of carboxylic acid groups (broad SMARTS) is 1. The molecule has 0 bridgehead atoms. The molecule has 0 radical (unpaired) electrons. The normalized spacial score (nSPS) is 10.6. The minimum Gasteiger partial charge on any atom is -0.545 e. The molecule has 8 heteroatoms. The van der Waals surface area contributed by atoms with Crippen molar-refractivity contribution in [3.05, 3.63) is 58.9 Å². The van der Waals surface area contributed by atoms with E-state index in [1.165, 1.54) is 50.6 Å². The lowest BCUT2D eigenvalue weighted by molar-refractivity contribution is -0.255. The van der Waals surface area contributed by atoms with E-state index in [9.17, 15) is 19.1 Å². The van der Waals surface area contributed by atoms with Crippen LogP contribution in [0, 0.1) is 5.82 Å². The quantitative estimate of drug-likeness (QED) is 0.585. The lowest BCUT2D eigenvalue weighted by atomic mass is 10.1. The third-order valence-electron chi connectivity index (χ3n) is 3.45. The third kappa shape index (κ3) is 4.56. The zero-order valence-corrected chi connectivity index (χ0v) is 14.1. The standard InChI is InChI=1S/C18H17FN2O5/c1-25-14-8-5-12(16(18(23)24)17(14)26-2)10-20-21-15(22)9-11-3-6-13(19)7-4-11/h3-8,10H,9H2,1-2H3,(H,21,22)(H,23,24)/p-1/b20-10-. The molecule has 0 saturated carbocycles. The zero-order chi connectivity index (χ0) is 19.1. The summed E-state index contributed by atoms with van der Waals surface area (Å²) in [4.78, 5) is 23.2. The first-order chi connectivity index (χ1) is 12.5. The van der Waals surface area contributed by atoms with E-state index in [2.05, 4.69) is 10.5 Å². The van der Waals surface area contributed by atoms with Gasteiger partial charge in [0.25, 0.3) is 0 Å². The van der Waals surface area contributed by atoms with Crippen LogP contribution in [0.4, 0.5) is 4.39 Å². The van der Waals surface area contributed by atoms with Crippen LogP contribution in [0.15, 0.2) is 41.5 Å². The Labute approximate surface area is 149 Å². The van der Waals surface area contributed by atoms with Crippen LogP contribution >= 0.6 is 0 Å². The molecular weight excluding hydrogens is 343 g/mol. The van der Waals surface area contributed by atoms with Gasteiger partial charge >= 0.3 is 0 Å². The van der Waals surface area contributed by atoms with Crippen molar-refractivity contribution in [3.63, 3.8) is 0 Å². The van der Waals surface area contributed by atoms with Crippen LogP contribution in [0.25, 0.3) is 0 Å². The minimum atomic E-state index is -1.47. The molecule has 2 aromatic rings. The smallest absolute Gasteiger partial charge is 0.244 e. The summed E-state index contributed by atoms with van der Waals surface area (Å²) < 4.78 is 22.9. The number of aromatic carboxylic acids is 1. The number of nitrogens with zero attached hydrogens (tertiary/aromatic N) is 1. The lowest BCUT2D eigenvalue weighted by Gasteiger charge is -2.15. The highest BCUT2D eigenvalue weighted by molar-refractivity contribution is 6.01. The van der Waals surface area contributed by atoms with Crippen molar-refractivity contribution in [2.75, 3.05) is 14.2 Å². The van der Waals surface area contributed by atoms with Gasteiger partial charge in [-0.15, -0.1) is 0 Å². The molecule has 2 aromatic carbocycles. The molecule has 0 heterocycles. The lowest BCUT2D eigenvalue weighted by Crippen LogP contribution is -2.25. The number of amides is 1. The van der Waals surface area contributed by atoms with Crippen molar-refractivity contribution in [3.8, 4) is 11.5 Å². The molecule has 0 fully saturated rings. The van der Waals surface area contributed by atoms with E-state index < -0.39 is 17.7 Å². The van der Waals surface area contributed by atoms with Crippen LogP contribution in [0.1, 0.15) is 21.5 Å². The topological polar surface area (TPSA) is 100 Å². The van der Waals surface area contributed by atoms with Gasteiger partial charge in [-0.1, -0.05) is 12.1 Å². The van der Waals surface area contributed by atoms with Crippen molar-refractivity contribution in [1.29, 1.82) is 0 Å². The first-order valence-corrected chi connectivity index (χ1v) is 7.49. The molecule has 0 saturated heterocycles. The summed E-state index contributed by atoms with van der Waals surface area (Å²) in [5, 5.41) is 15.2. The maximum atomic E-state index is 12.8. The van der Waals surface area contributed by atoms with Gasteiger partial charge in [0.05, 0.1) is 38.4 Å². The predicted molar refractivity (Wildman–Crippen MR) is 89.7 cm³/mol. The molecule has 2 rings (SSSR count). The number of carboxylic acids is 1. The average molecular weight is 359 g/mol. The second-order valence-corrected chi connectivity index (χ2v) is 5.15. The molecule has 0 aliphatic heterocycles. The Hall–Kier alpha value is -3.42. The Balaban J connectivity index is 2.13. The summed E-state index contributed by atoms with van der Waals surface area (Å²) in [7, 11) is 2.68. The van der Waals surface area contributed by atoms with E-state index in [-0.39, 0.29) is 29.0 Å². The van der Waals surface area contributed by atoms with Gasteiger partial charge in [0.15, 0.2) is 11.5 Å². The van der Waals surface area contributed by atoms with E-state index in [0.29, 0.717) is 5.56 Å². The Morgan fingerprint density at radius 2 is 1.85 bits per heavy atom. The summed E-state index contributed by atoms with van der Waals surface area (Å²) in [5.41, 5.74) is 2.81. The van der Waals surface area contributed by atoms with E-state index in [1.54, 1.807) is 0 Å². The van der Waals surface area contributed by atoms with Crippen LogP contribution in [0.2, 0.25) is 0 Å². The number of nitrogens with one attached hydrogen (secondary N) is 1. The molecule has 7 nitrogen and oxygen atoms in total. The largest absolute Gasteiger partial charge is 0.545 e. The van der Waals surface area contributed by atoms with Crippen molar-refractivity contribution < 1.29 is 28.6 Å². The summed E-state index contributed by atoms with van der Waals surface area (Å²) in [5.74, 6) is -2.09. The van der Waals surface area contributed by atoms with E-state index >= 15 is 0 Å².